The van der Waals surface area contributed by atoms with Gasteiger partial charge in [-0.2, -0.15) is 0 Å². The minimum Gasteiger partial charge on any atom is -0.206 e. The molecule has 186 valence electrons. The Morgan fingerprint density at radius 1 is 0.657 bits per heavy atom. The number of hydrogen-bond donors (Lipinski definition) is 0. The third-order valence-electron chi connectivity index (χ3n) is 7.45. The van der Waals surface area contributed by atoms with E-state index in [1.807, 2.05) is 0 Å². The van der Waals surface area contributed by atoms with Crippen LogP contribution in [0.2, 0.25) is 5.02 Å². The van der Waals surface area contributed by atoms with Gasteiger partial charge in [0.1, 0.15) is 28.3 Å². The second kappa shape index (κ2) is 11.6. The van der Waals surface area contributed by atoms with E-state index >= 15 is 0 Å². The maximum absolute atomic E-state index is 14.7. The molecule has 1 aliphatic rings. The smallest absolute Gasteiger partial charge is 0.145 e. The van der Waals surface area contributed by atoms with Crippen molar-refractivity contribution in [1.29, 1.82) is 0 Å². The molecule has 1 aliphatic carbocycles. The lowest BCUT2D eigenvalue weighted by molar-refractivity contribution is 0.253. The van der Waals surface area contributed by atoms with Gasteiger partial charge in [-0.15, -0.1) is 0 Å². The monoisotopic (exact) mass is 502 g/mol. The van der Waals surface area contributed by atoms with E-state index in [0.717, 1.165) is 50.2 Å². The fraction of sp³-hybridized carbons (Fsp3) is 0.400. The molecule has 0 N–H and O–H groups in total. The molecular formula is C30H31ClF4. The van der Waals surface area contributed by atoms with Crippen LogP contribution in [-0.4, -0.2) is 0 Å². The van der Waals surface area contributed by atoms with Gasteiger partial charge in [-0.05, 0) is 90.5 Å². The molecule has 0 atom stereocenters. The van der Waals surface area contributed by atoms with Gasteiger partial charge in [0.05, 0.1) is 5.56 Å². The lowest BCUT2D eigenvalue weighted by Gasteiger charge is -2.28. The van der Waals surface area contributed by atoms with E-state index in [2.05, 4.69) is 31.2 Å². The zero-order valence-corrected chi connectivity index (χ0v) is 20.8. The van der Waals surface area contributed by atoms with Crippen LogP contribution < -0.4 is 0 Å². The number of hydrogen-bond acceptors (Lipinski definition) is 0. The quantitative estimate of drug-likeness (QED) is 0.212. The van der Waals surface area contributed by atoms with E-state index in [0.29, 0.717) is 17.9 Å². The Hall–Kier alpha value is -2.33. The summed E-state index contributed by atoms with van der Waals surface area (Å²) in [5.74, 6) is -2.44. The average molecular weight is 503 g/mol. The Morgan fingerprint density at radius 2 is 1.11 bits per heavy atom. The van der Waals surface area contributed by atoms with Gasteiger partial charge < -0.3 is 0 Å². The highest BCUT2D eigenvalue weighted by Crippen LogP contribution is 2.35. The fourth-order valence-corrected chi connectivity index (χ4v) is 5.35. The van der Waals surface area contributed by atoms with Gasteiger partial charge in [-0.3, -0.25) is 0 Å². The SMILES string of the molecule is CCc1ccc(CCC2CCC(CCc3cc(F)c(-c4cc(F)c(Cl)c(F)c4)c(F)c3)CC2)cc1. The largest absolute Gasteiger partial charge is 0.206 e. The third-order valence-corrected chi connectivity index (χ3v) is 7.82. The third kappa shape index (κ3) is 6.46. The molecule has 3 aromatic carbocycles. The summed E-state index contributed by atoms with van der Waals surface area (Å²) in [7, 11) is 0. The summed E-state index contributed by atoms with van der Waals surface area (Å²) in [6.07, 6.45) is 9.55. The van der Waals surface area contributed by atoms with Crippen molar-refractivity contribution in [2.45, 2.75) is 64.7 Å². The lowest BCUT2D eigenvalue weighted by atomic mass is 9.77. The minimum atomic E-state index is -1.05. The molecule has 0 radical (unpaired) electrons. The molecule has 35 heavy (non-hydrogen) atoms. The Bertz CT molecular complexity index is 1100. The number of rotatable bonds is 8. The first-order valence-corrected chi connectivity index (χ1v) is 12.9. The van der Waals surface area contributed by atoms with Crippen LogP contribution in [0.25, 0.3) is 11.1 Å². The molecule has 0 spiro atoms. The molecule has 0 aromatic heterocycles. The van der Waals surface area contributed by atoms with Crippen LogP contribution in [0.3, 0.4) is 0 Å². The van der Waals surface area contributed by atoms with Crippen molar-refractivity contribution in [1.82, 2.24) is 0 Å². The Labute approximate surface area is 210 Å². The van der Waals surface area contributed by atoms with Gasteiger partial charge in [0.25, 0.3) is 0 Å². The van der Waals surface area contributed by atoms with Gasteiger partial charge in [0, 0.05) is 0 Å². The molecule has 0 bridgehead atoms. The molecular weight excluding hydrogens is 472 g/mol. The van der Waals surface area contributed by atoms with E-state index < -0.39 is 33.9 Å². The standard InChI is InChI=1S/C30H31ClF4/c1-2-19-3-5-20(6-4-19)7-8-21-9-11-22(12-10-21)13-14-23-15-25(32)29(26(33)16-23)24-17-27(34)30(31)28(35)18-24/h3-6,15-18,21-22H,2,7-14H2,1H3. The summed E-state index contributed by atoms with van der Waals surface area (Å²) >= 11 is 5.48. The lowest BCUT2D eigenvalue weighted by Crippen LogP contribution is -2.16. The van der Waals surface area contributed by atoms with E-state index in [1.165, 1.54) is 42.5 Å². The van der Waals surface area contributed by atoms with Gasteiger partial charge in [-0.1, -0.05) is 68.5 Å². The molecule has 0 heterocycles. The van der Waals surface area contributed by atoms with Gasteiger partial charge in [-0.25, -0.2) is 17.6 Å². The highest BCUT2D eigenvalue weighted by atomic mass is 35.5. The molecule has 0 aliphatic heterocycles. The van der Waals surface area contributed by atoms with Crippen LogP contribution in [0, 0.1) is 35.1 Å². The molecule has 0 nitrogen and oxygen atoms in total. The second-order valence-corrected chi connectivity index (χ2v) is 10.2. The zero-order chi connectivity index (χ0) is 24.9. The molecule has 1 fully saturated rings. The summed E-state index contributed by atoms with van der Waals surface area (Å²) in [6, 6.07) is 13.2. The van der Waals surface area contributed by atoms with E-state index in [-0.39, 0.29) is 5.56 Å². The Kier molecular flexibility index (Phi) is 8.54. The fourth-order valence-electron chi connectivity index (χ4n) is 5.24. The van der Waals surface area contributed by atoms with Gasteiger partial charge in [0.15, 0.2) is 0 Å². The van der Waals surface area contributed by atoms with Crippen LogP contribution in [0.1, 0.15) is 62.1 Å². The maximum Gasteiger partial charge on any atom is 0.145 e. The topological polar surface area (TPSA) is 0 Å². The highest BCUT2D eigenvalue weighted by Gasteiger charge is 2.22. The first kappa shape index (κ1) is 25.8. The molecule has 0 saturated heterocycles. The number of halogens is 5. The van der Waals surface area contributed by atoms with E-state index in [9.17, 15) is 17.6 Å². The molecule has 0 unspecified atom stereocenters. The van der Waals surface area contributed by atoms with E-state index in [4.69, 9.17) is 11.6 Å². The van der Waals surface area contributed by atoms with Gasteiger partial charge >= 0.3 is 0 Å². The van der Waals surface area contributed by atoms with Crippen molar-refractivity contribution < 1.29 is 17.6 Å². The highest BCUT2D eigenvalue weighted by molar-refractivity contribution is 6.31. The molecule has 4 rings (SSSR count). The number of aryl methyl sites for hydroxylation is 3. The van der Waals surface area contributed by atoms with Crippen molar-refractivity contribution in [3.63, 3.8) is 0 Å². The van der Waals surface area contributed by atoms with Crippen molar-refractivity contribution in [2.24, 2.45) is 11.8 Å². The molecule has 5 heteroatoms. The summed E-state index contributed by atoms with van der Waals surface area (Å²) in [6.45, 7) is 2.17. The zero-order valence-electron chi connectivity index (χ0n) is 20.0. The summed E-state index contributed by atoms with van der Waals surface area (Å²) in [4.78, 5) is 0. The Morgan fingerprint density at radius 3 is 1.60 bits per heavy atom. The Balaban J connectivity index is 1.28. The predicted octanol–water partition coefficient (Wildman–Crippen LogP) is 9.50. The second-order valence-electron chi connectivity index (χ2n) is 9.82. The van der Waals surface area contributed by atoms with Crippen molar-refractivity contribution >= 4 is 11.6 Å². The van der Waals surface area contributed by atoms with Gasteiger partial charge in [0.2, 0.25) is 0 Å². The molecule has 1 saturated carbocycles. The normalized spacial score (nSPS) is 18.1. The molecule has 3 aromatic rings. The molecule has 0 amide bonds. The van der Waals surface area contributed by atoms with Crippen LogP contribution >= 0.6 is 11.6 Å². The average Bonchev–Trinajstić information content (AvgIpc) is 2.85. The van der Waals surface area contributed by atoms with Crippen LogP contribution in [0.5, 0.6) is 0 Å². The van der Waals surface area contributed by atoms with E-state index in [1.54, 1.807) is 0 Å². The first-order valence-electron chi connectivity index (χ1n) is 12.5. The van der Waals surface area contributed by atoms with Crippen molar-refractivity contribution in [2.75, 3.05) is 0 Å². The van der Waals surface area contributed by atoms with Crippen LogP contribution in [0.15, 0.2) is 48.5 Å². The maximum atomic E-state index is 14.7. The summed E-state index contributed by atoms with van der Waals surface area (Å²) in [5, 5.41) is -0.688. The minimum absolute atomic E-state index is 0.203. The van der Waals surface area contributed by atoms with Crippen LogP contribution in [0.4, 0.5) is 17.6 Å². The van der Waals surface area contributed by atoms with Crippen molar-refractivity contribution in [3.8, 4) is 11.1 Å². The predicted molar refractivity (Wildman–Crippen MR) is 135 cm³/mol. The first-order chi connectivity index (χ1) is 16.8. The van der Waals surface area contributed by atoms with Crippen LogP contribution in [-0.2, 0) is 19.3 Å². The summed E-state index contributed by atoms with van der Waals surface area (Å²) < 4.78 is 57.0. The van der Waals surface area contributed by atoms with Crippen molar-refractivity contribution in [3.05, 3.63) is 93.5 Å². The number of benzene rings is 3. The summed E-state index contributed by atoms with van der Waals surface area (Å²) in [5.41, 5.74) is 2.70.